The van der Waals surface area contributed by atoms with Crippen molar-refractivity contribution in [2.75, 3.05) is 38.5 Å². The fraction of sp³-hybridized carbons (Fsp3) is 0.440. The maximum atomic E-state index is 13.7. The Balaban J connectivity index is 1.34. The lowest BCUT2D eigenvalue weighted by molar-refractivity contribution is -0.138. The minimum absolute atomic E-state index is 0.0192. The SMILES string of the molecule is COc1ccccc1CN(CC1CCCO1)C(=O)C1CC(=O)N(c2ccc3c(c2)OCO3)C1. The first-order chi connectivity index (χ1) is 16.1. The lowest BCUT2D eigenvalue weighted by Crippen LogP contribution is -2.41. The maximum Gasteiger partial charge on any atom is 0.231 e. The van der Waals surface area contributed by atoms with Crippen LogP contribution < -0.4 is 19.1 Å². The highest BCUT2D eigenvalue weighted by molar-refractivity contribution is 6.00. The van der Waals surface area contributed by atoms with Crippen LogP contribution in [-0.2, 0) is 20.9 Å². The van der Waals surface area contributed by atoms with Crippen LogP contribution in [0.3, 0.4) is 0 Å². The molecular formula is C25H28N2O6. The van der Waals surface area contributed by atoms with E-state index in [1.165, 1.54) is 0 Å². The second kappa shape index (κ2) is 9.31. The summed E-state index contributed by atoms with van der Waals surface area (Å²) in [7, 11) is 1.63. The van der Waals surface area contributed by atoms with Crippen LogP contribution in [0.2, 0.25) is 0 Å². The number of rotatable bonds is 7. The van der Waals surface area contributed by atoms with Gasteiger partial charge in [0.25, 0.3) is 0 Å². The second-order valence-corrected chi connectivity index (χ2v) is 8.61. The number of anilines is 1. The van der Waals surface area contributed by atoms with E-state index in [1.54, 1.807) is 24.1 Å². The number of hydrogen-bond donors (Lipinski definition) is 0. The summed E-state index contributed by atoms with van der Waals surface area (Å²) in [5, 5.41) is 0. The number of methoxy groups -OCH3 is 1. The molecule has 0 bridgehead atoms. The van der Waals surface area contributed by atoms with Crippen molar-refractivity contribution in [1.82, 2.24) is 4.90 Å². The molecule has 0 aliphatic carbocycles. The van der Waals surface area contributed by atoms with Crippen LogP contribution in [0.15, 0.2) is 42.5 Å². The Bertz CT molecular complexity index is 1040. The van der Waals surface area contributed by atoms with E-state index in [1.807, 2.05) is 35.2 Å². The van der Waals surface area contributed by atoms with Crippen molar-refractivity contribution in [3.8, 4) is 17.2 Å². The van der Waals surface area contributed by atoms with Gasteiger partial charge in [0.05, 0.1) is 19.1 Å². The van der Waals surface area contributed by atoms with Gasteiger partial charge in [-0.15, -0.1) is 0 Å². The van der Waals surface area contributed by atoms with E-state index in [0.29, 0.717) is 31.1 Å². The van der Waals surface area contributed by atoms with Gasteiger partial charge in [-0.1, -0.05) is 18.2 Å². The molecule has 2 unspecified atom stereocenters. The summed E-state index contributed by atoms with van der Waals surface area (Å²) in [6, 6.07) is 13.1. The molecule has 0 radical (unpaired) electrons. The van der Waals surface area contributed by atoms with Crippen molar-refractivity contribution in [2.24, 2.45) is 5.92 Å². The molecule has 2 fully saturated rings. The molecule has 3 heterocycles. The largest absolute Gasteiger partial charge is 0.496 e. The van der Waals surface area contributed by atoms with Gasteiger partial charge in [0, 0.05) is 50.0 Å². The van der Waals surface area contributed by atoms with E-state index in [0.717, 1.165) is 36.4 Å². The van der Waals surface area contributed by atoms with Crippen LogP contribution in [-0.4, -0.2) is 56.4 Å². The van der Waals surface area contributed by atoms with E-state index in [4.69, 9.17) is 18.9 Å². The fourth-order valence-electron chi connectivity index (χ4n) is 4.74. The molecule has 2 saturated heterocycles. The van der Waals surface area contributed by atoms with Crippen molar-refractivity contribution in [3.05, 3.63) is 48.0 Å². The van der Waals surface area contributed by atoms with Crippen LogP contribution in [0.25, 0.3) is 0 Å². The van der Waals surface area contributed by atoms with Crippen LogP contribution in [0.4, 0.5) is 5.69 Å². The Kier molecular flexibility index (Phi) is 6.09. The molecule has 2 amide bonds. The quantitative estimate of drug-likeness (QED) is 0.643. The Morgan fingerprint density at radius 2 is 2.03 bits per heavy atom. The van der Waals surface area contributed by atoms with E-state index in [-0.39, 0.29) is 31.1 Å². The normalized spacial score (nSPS) is 21.5. The van der Waals surface area contributed by atoms with Gasteiger partial charge in [0.2, 0.25) is 18.6 Å². The van der Waals surface area contributed by atoms with Gasteiger partial charge in [-0.05, 0) is 31.0 Å². The van der Waals surface area contributed by atoms with Crippen molar-refractivity contribution in [2.45, 2.75) is 31.9 Å². The first-order valence-electron chi connectivity index (χ1n) is 11.3. The molecule has 0 aromatic heterocycles. The molecule has 33 heavy (non-hydrogen) atoms. The first kappa shape index (κ1) is 21.6. The lowest BCUT2D eigenvalue weighted by Gasteiger charge is -2.28. The third-order valence-corrected chi connectivity index (χ3v) is 6.46. The number of nitrogens with zero attached hydrogens (tertiary/aromatic N) is 2. The zero-order valence-electron chi connectivity index (χ0n) is 18.7. The summed E-state index contributed by atoms with van der Waals surface area (Å²) < 4.78 is 22.1. The summed E-state index contributed by atoms with van der Waals surface area (Å²) in [5.41, 5.74) is 1.65. The molecule has 0 N–H and O–H groups in total. The number of para-hydroxylation sites is 1. The topological polar surface area (TPSA) is 77.5 Å². The average Bonchev–Trinajstić information content (AvgIpc) is 3.59. The van der Waals surface area contributed by atoms with Crippen LogP contribution >= 0.6 is 0 Å². The summed E-state index contributed by atoms with van der Waals surface area (Å²) in [5.74, 6) is 1.50. The third-order valence-electron chi connectivity index (χ3n) is 6.46. The van der Waals surface area contributed by atoms with Gasteiger partial charge < -0.3 is 28.7 Å². The molecule has 8 heteroatoms. The number of ether oxygens (including phenoxy) is 4. The zero-order valence-corrected chi connectivity index (χ0v) is 18.7. The van der Waals surface area contributed by atoms with Crippen molar-refractivity contribution >= 4 is 17.5 Å². The Hall–Kier alpha value is -3.26. The zero-order chi connectivity index (χ0) is 22.8. The second-order valence-electron chi connectivity index (χ2n) is 8.61. The van der Waals surface area contributed by atoms with Crippen molar-refractivity contribution < 1.29 is 28.5 Å². The van der Waals surface area contributed by atoms with Crippen LogP contribution in [0, 0.1) is 5.92 Å². The summed E-state index contributed by atoms with van der Waals surface area (Å²) in [6.45, 7) is 2.16. The van der Waals surface area contributed by atoms with Gasteiger partial charge in [-0.3, -0.25) is 9.59 Å². The minimum Gasteiger partial charge on any atom is -0.496 e. The number of hydrogen-bond acceptors (Lipinski definition) is 6. The van der Waals surface area contributed by atoms with Gasteiger partial charge in [-0.25, -0.2) is 0 Å². The minimum atomic E-state index is -0.418. The Morgan fingerprint density at radius 3 is 2.85 bits per heavy atom. The lowest BCUT2D eigenvalue weighted by atomic mass is 10.1. The molecule has 8 nitrogen and oxygen atoms in total. The van der Waals surface area contributed by atoms with Crippen molar-refractivity contribution in [3.63, 3.8) is 0 Å². The molecule has 174 valence electrons. The van der Waals surface area contributed by atoms with Gasteiger partial charge >= 0.3 is 0 Å². The predicted octanol–water partition coefficient (Wildman–Crippen LogP) is 2.98. The molecule has 2 aromatic carbocycles. The summed E-state index contributed by atoms with van der Waals surface area (Å²) in [4.78, 5) is 30.0. The fourth-order valence-corrected chi connectivity index (χ4v) is 4.74. The number of carbonyl (C=O) groups excluding carboxylic acids is 2. The van der Waals surface area contributed by atoms with Gasteiger partial charge in [0.1, 0.15) is 5.75 Å². The highest BCUT2D eigenvalue weighted by Gasteiger charge is 2.38. The first-order valence-corrected chi connectivity index (χ1v) is 11.3. The van der Waals surface area contributed by atoms with Crippen LogP contribution in [0.5, 0.6) is 17.2 Å². The molecular weight excluding hydrogens is 424 g/mol. The summed E-state index contributed by atoms with van der Waals surface area (Å²) in [6.07, 6.45) is 2.14. The molecule has 0 spiro atoms. The molecule has 3 aliphatic heterocycles. The Labute approximate surface area is 193 Å². The van der Waals surface area contributed by atoms with Gasteiger partial charge in [0.15, 0.2) is 11.5 Å². The molecule has 2 atom stereocenters. The summed E-state index contributed by atoms with van der Waals surface area (Å²) >= 11 is 0. The third kappa shape index (κ3) is 4.48. The molecule has 2 aromatic rings. The van der Waals surface area contributed by atoms with E-state index < -0.39 is 5.92 Å². The Morgan fingerprint density at radius 1 is 1.18 bits per heavy atom. The highest BCUT2D eigenvalue weighted by Crippen LogP contribution is 2.37. The molecule has 3 aliphatic rings. The van der Waals surface area contributed by atoms with E-state index in [2.05, 4.69) is 0 Å². The highest BCUT2D eigenvalue weighted by atomic mass is 16.7. The molecule has 5 rings (SSSR count). The maximum absolute atomic E-state index is 13.7. The molecule has 0 saturated carbocycles. The van der Waals surface area contributed by atoms with E-state index in [9.17, 15) is 9.59 Å². The number of fused-ring (bicyclic) bond motifs is 1. The number of benzene rings is 2. The van der Waals surface area contributed by atoms with E-state index >= 15 is 0 Å². The standard InChI is InChI=1S/C25H28N2O6/c1-30-21-7-3-2-5-17(21)13-26(15-20-6-4-10-31-20)25(29)18-11-24(28)27(14-18)19-8-9-22-23(12-19)33-16-32-22/h2-3,5,7-9,12,18,20H,4,6,10-11,13-16H2,1H3. The van der Waals surface area contributed by atoms with Crippen molar-refractivity contribution in [1.29, 1.82) is 0 Å². The van der Waals surface area contributed by atoms with Crippen LogP contribution in [0.1, 0.15) is 24.8 Å². The number of amides is 2. The average molecular weight is 453 g/mol. The smallest absolute Gasteiger partial charge is 0.231 e. The predicted molar refractivity (Wildman–Crippen MR) is 120 cm³/mol. The van der Waals surface area contributed by atoms with Gasteiger partial charge in [-0.2, -0.15) is 0 Å². The monoisotopic (exact) mass is 452 g/mol. The number of carbonyl (C=O) groups is 2.